The van der Waals surface area contributed by atoms with Crippen LogP contribution in [0.25, 0.3) is 0 Å². The molecule has 1 atom stereocenters. The van der Waals surface area contributed by atoms with Gasteiger partial charge in [0.05, 0.1) is 13.1 Å². The minimum atomic E-state index is 0.560. The number of aromatic nitrogens is 4. The van der Waals surface area contributed by atoms with E-state index in [1.54, 1.807) is 0 Å². The lowest BCUT2D eigenvalue weighted by Gasteiger charge is -2.29. The van der Waals surface area contributed by atoms with Gasteiger partial charge in [-0.1, -0.05) is 24.3 Å². The van der Waals surface area contributed by atoms with Gasteiger partial charge in [-0.15, -0.1) is 5.10 Å². The Balaban J connectivity index is 1.75. The fraction of sp³-hybridized carbons (Fsp3) is 0.417. The zero-order chi connectivity index (χ0) is 11.7. The summed E-state index contributed by atoms with van der Waals surface area (Å²) < 4.78 is 1.90. The standard InChI is InChI=1S/C12H15N5/c1-13-7-12-14-15-16-17(12)8-10-6-9-4-2-3-5-11(9)10/h2-5,10,13H,6-8H2,1H3. The summed E-state index contributed by atoms with van der Waals surface area (Å²) in [5.74, 6) is 1.46. The first-order valence-electron chi connectivity index (χ1n) is 5.86. The number of nitrogens with zero attached hydrogens (tertiary/aromatic N) is 4. The molecular weight excluding hydrogens is 214 g/mol. The van der Waals surface area contributed by atoms with Crippen LogP contribution in [0.15, 0.2) is 24.3 Å². The van der Waals surface area contributed by atoms with E-state index < -0.39 is 0 Å². The minimum absolute atomic E-state index is 0.560. The normalized spacial score (nSPS) is 17.6. The third-order valence-corrected chi connectivity index (χ3v) is 3.30. The van der Waals surface area contributed by atoms with Gasteiger partial charge < -0.3 is 5.32 Å². The van der Waals surface area contributed by atoms with Crippen LogP contribution in [0, 0.1) is 0 Å². The van der Waals surface area contributed by atoms with Crippen molar-refractivity contribution in [3.8, 4) is 0 Å². The Morgan fingerprint density at radius 1 is 1.41 bits per heavy atom. The van der Waals surface area contributed by atoms with E-state index in [9.17, 15) is 0 Å². The maximum atomic E-state index is 4.05. The maximum absolute atomic E-state index is 4.05. The minimum Gasteiger partial charge on any atom is -0.313 e. The molecule has 0 fully saturated rings. The molecule has 3 rings (SSSR count). The van der Waals surface area contributed by atoms with Gasteiger partial charge in [0.1, 0.15) is 0 Å². The van der Waals surface area contributed by atoms with Crippen LogP contribution in [0.4, 0.5) is 0 Å². The van der Waals surface area contributed by atoms with Gasteiger partial charge in [-0.25, -0.2) is 4.68 Å². The number of fused-ring (bicyclic) bond motifs is 1. The number of rotatable bonds is 4. The maximum Gasteiger partial charge on any atom is 0.165 e. The SMILES string of the molecule is CNCc1nnnn1CC1Cc2ccccc21. The van der Waals surface area contributed by atoms with Gasteiger partial charge in [-0.3, -0.25) is 0 Å². The summed E-state index contributed by atoms with van der Waals surface area (Å²) in [6.45, 7) is 1.59. The van der Waals surface area contributed by atoms with Gasteiger partial charge in [0, 0.05) is 5.92 Å². The molecule has 5 nitrogen and oxygen atoms in total. The third kappa shape index (κ3) is 1.82. The molecule has 1 unspecified atom stereocenters. The fourth-order valence-corrected chi connectivity index (χ4v) is 2.38. The summed E-state index contributed by atoms with van der Waals surface area (Å²) in [4.78, 5) is 0. The number of tetrazole rings is 1. The lowest BCUT2D eigenvalue weighted by Crippen LogP contribution is -2.24. The second-order valence-electron chi connectivity index (χ2n) is 4.41. The molecule has 1 aromatic heterocycles. The van der Waals surface area contributed by atoms with E-state index in [0.29, 0.717) is 12.5 Å². The number of nitrogens with one attached hydrogen (secondary N) is 1. The molecule has 0 saturated carbocycles. The molecule has 1 heterocycles. The summed E-state index contributed by atoms with van der Waals surface area (Å²) in [6, 6.07) is 8.59. The van der Waals surface area contributed by atoms with E-state index in [0.717, 1.165) is 18.8 Å². The molecule has 17 heavy (non-hydrogen) atoms. The molecule has 0 amide bonds. The Morgan fingerprint density at radius 3 is 3.12 bits per heavy atom. The monoisotopic (exact) mass is 229 g/mol. The van der Waals surface area contributed by atoms with Gasteiger partial charge in [0.15, 0.2) is 5.82 Å². The van der Waals surface area contributed by atoms with Crippen molar-refractivity contribution < 1.29 is 0 Å². The van der Waals surface area contributed by atoms with E-state index in [1.807, 2.05) is 11.7 Å². The smallest absolute Gasteiger partial charge is 0.165 e. The molecule has 1 N–H and O–H groups in total. The number of hydrogen-bond acceptors (Lipinski definition) is 4. The van der Waals surface area contributed by atoms with Gasteiger partial charge in [0.25, 0.3) is 0 Å². The van der Waals surface area contributed by atoms with Gasteiger partial charge in [-0.05, 0) is 35.0 Å². The Morgan fingerprint density at radius 2 is 2.29 bits per heavy atom. The first-order chi connectivity index (χ1) is 8.38. The zero-order valence-corrected chi connectivity index (χ0v) is 9.80. The van der Waals surface area contributed by atoms with Crippen molar-refractivity contribution in [2.75, 3.05) is 7.05 Å². The second kappa shape index (κ2) is 4.25. The van der Waals surface area contributed by atoms with Gasteiger partial charge in [-0.2, -0.15) is 0 Å². The van der Waals surface area contributed by atoms with E-state index in [4.69, 9.17) is 0 Å². The highest BCUT2D eigenvalue weighted by Crippen LogP contribution is 2.35. The molecule has 1 aromatic carbocycles. The van der Waals surface area contributed by atoms with Gasteiger partial charge in [0.2, 0.25) is 0 Å². The highest BCUT2D eigenvalue weighted by molar-refractivity contribution is 5.39. The van der Waals surface area contributed by atoms with Crippen molar-refractivity contribution in [3.63, 3.8) is 0 Å². The highest BCUT2D eigenvalue weighted by atomic mass is 15.5. The fourth-order valence-electron chi connectivity index (χ4n) is 2.38. The van der Waals surface area contributed by atoms with Crippen LogP contribution in [-0.2, 0) is 19.5 Å². The van der Waals surface area contributed by atoms with Crippen molar-refractivity contribution >= 4 is 0 Å². The molecule has 0 radical (unpaired) electrons. The first-order valence-corrected chi connectivity index (χ1v) is 5.86. The van der Waals surface area contributed by atoms with Crippen LogP contribution in [0.2, 0.25) is 0 Å². The molecular formula is C12H15N5. The Kier molecular flexibility index (Phi) is 2.60. The Labute approximate surface area is 99.8 Å². The first kappa shape index (κ1) is 10.4. The zero-order valence-electron chi connectivity index (χ0n) is 9.80. The molecule has 0 saturated heterocycles. The van der Waals surface area contributed by atoms with Crippen LogP contribution >= 0.6 is 0 Å². The van der Waals surface area contributed by atoms with Crippen molar-refractivity contribution in [2.45, 2.75) is 25.4 Å². The number of hydrogen-bond donors (Lipinski definition) is 1. The van der Waals surface area contributed by atoms with Gasteiger partial charge >= 0.3 is 0 Å². The molecule has 5 heteroatoms. The van der Waals surface area contributed by atoms with Crippen LogP contribution in [0.1, 0.15) is 22.9 Å². The molecule has 0 bridgehead atoms. The quantitative estimate of drug-likeness (QED) is 0.840. The van der Waals surface area contributed by atoms with E-state index in [-0.39, 0.29) is 0 Å². The van der Waals surface area contributed by atoms with Crippen molar-refractivity contribution in [1.29, 1.82) is 0 Å². The van der Waals surface area contributed by atoms with Crippen LogP contribution in [0.5, 0.6) is 0 Å². The average Bonchev–Trinajstić information content (AvgIpc) is 2.74. The van der Waals surface area contributed by atoms with Crippen molar-refractivity contribution in [3.05, 3.63) is 41.2 Å². The Hall–Kier alpha value is -1.75. The summed E-state index contributed by atoms with van der Waals surface area (Å²) in [7, 11) is 1.90. The summed E-state index contributed by atoms with van der Waals surface area (Å²) in [6.07, 6.45) is 1.13. The lowest BCUT2D eigenvalue weighted by molar-refractivity contribution is 0.450. The second-order valence-corrected chi connectivity index (χ2v) is 4.41. The van der Waals surface area contributed by atoms with Crippen LogP contribution in [0.3, 0.4) is 0 Å². The predicted molar refractivity (Wildman–Crippen MR) is 63.5 cm³/mol. The lowest BCUT2D eigenvalue weighted by atomic mass is 9.78. The average molecular weight is 229 g/mol. The molecule has 88 valence electrons. The molecule has 2 aromatic rings. The summed E-state index contributed by atoms with van der Waals surface area (Å²) in [5, 5.41) is 14.9. The highest BCUT2D eigenvalue weighted by Gasteiger charge is 2.26. The van der Waals surface area contributed by atoms with Crippen molar-refractivity contribution in [1.82, 2.24) is 25.5 Å². The molecule has 1 aliphatic carbocycles. The van der Waals surface area contributed by atoms with E-state index >= 15 is 0 Å². The third-order valence-electron chi connectivity index (χ3n) is 3.30. The predicted octanol–water partition coefficient (Wildman–Crippen LogP) is 0.732. The van der Waals surface area contributed by atoms with Crippen molar-refractivity contribution in [2.24, 2.45) is 0 Å². The van der Waals surface area contributed by atoms with Crippen LogP contribution < -0.4 is 5.32 Å². The number of benzene rings is 1. The molecule has 1 aliphatic rings. The Bertz CT molecular complexity index is 519. The van der Waals surface area contributed by atoms with E-state index in [2.05, 4.69) is 45.1 Å². The summed E-state index contributed by atoms with van der Waals surface area (Å²) in [5.41, 5.74) is 2.90. The van der Waals surface area contributed by atoms with Crippen LogP contribution in [-0.4, -0.2) is 27.3 Å². The molecule has 0 aliphatic heterocycles. The topological polar surface area (TPSA) is 55.6 Å². The molecule has 0 spiro atoms. The summed E-state index contributed by atoms with van der Waals surface area (Å²) >= 11 is 0. The largest absolute Gasteiger partial charge is 0.313 e. The van der Waals surface area contributed by atoms with E-state index in [1.165, 1.54) is 11.1 Å².